The fourth-order valence-corrected chi connectivity index (χ4v) is 1.89. The number of nitrogens with zero attached hydrogens (tertiary/aromatic N) is 2. The van der Waals surface area contributed by atoms with E-state index >= 15 is 0 Å². The number of hydrogen-bond donors (Lipinski definition) is 2. The molecule has 1 unspecified atom stereocenters. The zero-order chi connectivity index (χ0) is 16.1. The van der Waals surface area contributed by atoms with Gasteiger partial charge < -0.3 is 10.6 Å². The SMILES string of the molecule is CCC(C)NC(=O)c1ccc(Nc2ccc(C)c(C)c2)nn1. The van der Waals surface area contributed by atoms with Crippen LogP contribution in [0.15, 0.2) is 30.3 Å². The summed E-state index contributed by atoms with van der Waals surface area (Å²) in [5.41, 5.74) is 3.73. The third-order valence-electron chi connectivity index (χ3n) is 3.67. The third-order valence-corrected chi connectivity index (χ3v) is 3.67. The van der Waals surface area contributed by atoms with Crippen LogP contribution in [0.4, 0.5) is 11.5 Å². The number of rotatable bonds is 5. The van der Waals surface area contributed by atoms with Crippen LogP contribution in [0.2, 0.25) is 0 Å². The average molecular weight is 298 g/mol. The largest absolute Gasteiger partial charge is 0.348 e. The summed E-state index contributed by atoms with van der Waals surface area (Å²) in [4.78, 5) is 11.9. The van der Waals surface area contributed by atoms with Crippen LogP contribution in [0.1, 0.15) is 41.9 Å². The van der Waals surface area contributed by atoms with Crippen molar-refractivity contribution in [2.45, 2.75) is 40.2 Å². The van der Waals surface area contributed by atoms with Gasteiger partial charge >= 0.3 is 0 Å². The second kappa shape index (κ2) is 7.02. The molecule has 0 aliphatic carbocycles. The molecule has 2 aromatic rings. The van der Waals surface area contributed by atoms with Crippen LogP contribution in [0, 0.1) is 13.8 Å². The standard InChI is InChI=1S/C17H22N4O/c1-5-13(4)18-17(22)15-8-9-16(21-20-15)19-14-7-6-11(2)12(3)10-14/h6-10,13H,5H2,1-4H3,(H,18,22)(H,19,21). The summed E-state index contributed by atoms with van der Waals surface area (Å²) in [6, 6.07) is 9.66. The maximum absolute atomic E-state index is 11.9. The van der Waals surface area contributed by atoms with E-state index in [0.29, 0.717) is 11.5 Å². The van der Waals surface area contributed by atoms with Gasteiger partial charge in [0.2, 0.25) is 0 Å². The minimum atomic E-state index is -0.195. The van der Waals surface area contributed by atoms with Crippen LogP contribution in [0.5, 0.6) is 0 Å². The van der Waals surface area contributed by atoms with Crippen molar-refractivity contribution in [3.63, 3.8) is 0 Å². The maximum atomic E-state index is 11.9. The molecule has 1 amide bonds. The van der Waals surface area contributed by atoms with E-state index in [9.17, 15) is 4.79 Å². The first-order valence-corrected chi connectivity index (χ1v) is 7.48. The van der Waals surface area contributed by atoms with Gasteiger partial charge in [-0.05, 0) is 62.6 Å². The lowest BCUT2D eigenvalue weighted by Crippen LogP contribution is -2.32. The molecule has 0 fully saturated rings. The Morgan fingerprint density at radius 2 is 1.91 bits per heavy atom. The molecule has 0 bridgehead atoms. The predicted octanol–water partition coefficient (Wildman–Crippen LogP) is 3.37. The molecule has 0 spiro atoms. The second-order valence-electron chi connectivity index (χ2n) is 5.51. The fraction of sp³-hybridized carbons (Fsp3) is 0.353. The van der Waals surface area contributed by atoms with E-state index in [0.717, 1.165) is 12.1 Å². The average Bonchev–Trinajstić information content (AvgIpc) is 2.51. The Hall–Kier alpha value is -2.43. The summed E-state index contributed by atoms with van der Waals surface area (Å²) in [5.74, 6) is 0.419. The number of hydrogen-bond acceptors (Lipinski definition) is 4. The number of carbonyl (C=O) groups excluding carboxylic acids is 1. The number of aryl methyl sites for hydroxylation is 2. The normalized spacial score (nSPS) is 11.8. The molecular formula is C17H22N4O. The second-order valence-corrected chi connectivity index (χ2v) is 5.51. The molecular weight excluding hydrogens is 276 g/mol. The van der Waals surface area contributed by atoms with Gasteiger partial charge in [0, 0.05) is 11.7 Å². The van der Waals surface area contributed by atoms with E-state index in [-0.39, 0.29) is 11.9 Å². The van der Waals surface area contributed by atoms with Crippen molar-refractivity contribution in [3.05, 3.63) is 47.2 Å². The summed E-state index contributed by atoms with van der Waals surface area (Å²) in [6.07, 6.45) is 0.881. The van der Waals surface area contributed by atoms with Gasteiger partial charge in [0.05, 0.1) is 0 Å². The fourth-order valence-electron chi connectivity index (χ4n) is 1.89. The van der Waals surface area contributed by atoms with Crippen molar-refractivity contribution < 1.29 is 4.79 Å². The highest BCUT2D eigenvalue weighted by molar-refractivity contribution is 5.92. The summed E-state index contributed by atoms with van der Waals surface area (Å²) in [5, 5.41) is 14.1. The Bertz CT molecular complexity index is 652. The molecule has 22 heavy (non-hydrogen) atoms. The van der Waals surface area contributed by atoms with Gasteiger partial charge in [-0.2, -0.15) is 0 Å². The molecule has 1 heterocycles. The molecule has 2 N–H and O–H groups in total. The van der Waals surface area contributed by atoms with Gasteiger partial charge in [-0.1, -0.05) is 13.0 Å². The van der Waals surface area contributed by atoms with E-state index in [4.69, 9.17) is 0 Å². The zero-order valence-corrected chi connectivity index (χ0v) is 13.5. The molecule has 116 valence electrons. The quantitative estimate of drug-likeness (QED) is 0.888. The Kier molecular flexibility index (Phi) is 5.09. The Morgan fingerprint density at radius 1 is 1.14 bits per heavy atom. The molecule has 1 aromatic heterocycles. The number of benzene rings is 1. The minimum Gasteiger partial charge on any atom is -0.348 e. The molecule has 0 saturated carbocycles. The van der Waals surface area contributed by atoms with Crippen LogP contribution < -0.4 is 10.6 Å². The monoisotopic (exact) mass is 298 g/mol. The molecule has 0 saturated heterocycles. The minimum absolute atomic E-state index is 0.127. The van der Waals surface area contributed by atoms with E-state index in [2.05, 4.69) is 46.8 Å². The van der Waals surface area contributed by atoms with Crippen LogP contribution in [0.3, 0.4) is 0 Å². The van der Waals surface area contributed by atoms with Gasteiger partial charge in [-0.25, -0.2) is 0 Å². The van der Waals surface area contributed by atoms with Crippen molar-refractivity contribution in [1.82, 2.24) is 15.5 Å². The molecule has 0 aliphatic heterocycles. The van der Waals surface area contributed by atoms with E-state index in [1.54, 1.807) is 12.1 Å². The molecule has 5 nitrogen and oxygen atoms in total. The van der Waals surface area contributed by atoms with Crippen LogP contribution in [0.25, 0.3) is 0 Å². The van der Waals surface area contributed by atoms with Crippen LogP contribution in [-0.2, 0) is 0 Å². The first kappa shape index (κ1) is 15.9. The Balaban J connectivity index is 2.05. The molecule has 1 aromatic carbocycles. The van der Waals surface area contributed by atoms with Gasteiger partial charge in [0.1, 0.15) is 0 Å². The number of anilines is 2. The van der Waals surface area contributed by atoms with Crippen LogP contribution >= 0.6 is 0 Å². The molecule has 0 aliphatic rings. The lowest BCUT2D eigenvalue weighted by molar-refractivity contribution is 0.0933. The van der Waals surface area contributed by atoms with Gasteiger partial charge in [0.15, 0.2) is 11.5 Å². The van der Waals surface area contributed by atoms with Gasteiger partial charge in [0.25, 0.3) is 5.91 Å². The van der Waals surface area contributed by atoms with E-state index < -0.39 is 0 Å². The number of aromatic nitrogens is 2. The Morgan fingerprint density at radius 3 is 2.50 bits per heavy atom. The highest BCUT2D eigenvalue weighted by atomic mass is 16.2. The van der Waals surface area contributed by atoms with Gasteiger partial charge in [-0.3, -0.25) is 4.79 Å². The van der Waals surface area contributed by atoms with Gasteiger partial charge in [-0.15, -0.1) is 10.2 Å². The molecule has 0 radical (unpaired) electrons. The highest BCUT2D eigenvalue weighted by Gasteiger charge is 2.10. The smallest absolute Gasteiger partial charge is 0.272 e. The van der Waals surface area contributed by atoms with Crippen LogP contribution in [-0.4, -0.2) is 22.1 Å². The van der Waals surface area contributed by atoms with Crippen molar-refractivity contribution in [3.8, 4) is 0 Å². The van der Waals surface area contributed by atoms with Crippen molar-refractivity contribution in [1.29, 1.82) is 0 Å². The summed E-state index contributed by atoms with van der Waals surface area (Å²) in [6.45, 7) is 8.12. The lowest BCUT2D eigenvalue weighted by Gasteiger charge is -2.11. The molecule has 1 atom stereocenters. The topological polar surface area (TPSA) is 66.9 Å². The first-order chi connectivity index (χ1) is 10.5. The van der Waals surface area contributed by atoms with Crippen molar-refractivity contribution in [2.75, 3.05) is 5.32 Å². The highest BCUT2D eigenvalue weighted by Crippen LogP contribution is 2.17. The number of nitrogens with one attached hydrogen (secondary N) is 2. The summed E-state index contributed by atoms with van der Waals surface area (Å²) >= 11 is 0. The predicted molar refractivity (Wildman–Crippen MR) is 88.4 cm³/mol. The lowest BCUT2D eigenvalue weighted by atomic mass is 10.1. The summed E-state index contributed by atoms with van der Waals surface area (Å²) in [7, 11) is 0. The van der Waals surface area contributed by atoms with E-state index in [1.807, 2.05) is 19.9 Å². The third kappa shape index (κ3) is 4.04. The zero-order valence-electron chi connectivity index (χ0n) is 13.5. The Labute approximate surface area is 131 Å². The summed E-state index contributed by atoms with van der Waals surface area (Å²) < 4.78 is 0. The number of carbonyl (C=O) groups is 1. The maximum Gasteiger partial charge on any atom is 0.272 e. The van der Waals surface area contributed by atoms with Crippen molar-refractivity contribution >= 4 is 17.4 Å². The first-order valence-electron chi connectivity index (χ1n) is 7.48. The van der Waals surface area contributed by atoms with E-state index in [1.165, 1.54) is 11.1 Å². The van der Waals surface area contributed by atoms with Crippen molar-refractivity contribution in [2.24, 2.45) is 0 Å². The number of amides is 1. The molecule has 5 heteroatoms. The molecule has 2 rings (SSSR count).